The number of hydrogen-bond acceptors (Lipinski definition) is 6. The van der Waals surface area contributed by atoms with Gasteiger partial charge in [-0.05, 0) is 46.3 Å². The molecule has 0 unspecified atom stereocenters. The van der Waals surface area contributed by atoms with E-state index in [1.54, 1.807) is 0 Å². The molecule has 7 nitrogen and oxygen atoms in total. The maximum absolute atomic E-state index is 15.1. The summed E-state index contributed by atoms with van der Waals surface area (Å²) in [6.45, 7) is -0.351. The van der Waals surface area contributed by atoms with E-state index in [1.165, 1.54) is 19.2 Å². The standard InChI is InChI=1S/C24H16BrF6N3O4/c1-36-18-5-4-16(21(25)32-18)34-10-33(15-3-2-13(26)20(28)19(15)23-37-6-7-38-23)17-9-12(24(29,30)31)14(27)8-11(17)22(34)35/h2-5,8-9,23H,6-7,10H2,1H3. The van der Waals surface area contributed by atoms with E-state index in [0.717, 1.165) is 21.9 Å². The Morgan fingerprint density at radius 1 is 0.974 bits per heavy atom. The second-order valence-electron chi connectivity index (χ2n) is 8.18. The zero-order valence-corrected chi connectivity index (χ0v) is 20.9. The number of alkyl halides is 3. The summed E-state index contributed by atoms with van der Waals surface area (Å²) in [5, 5.41) is 0. The van der Waals surface area contributed by atoms with Crippen molar-refractivity contribution in [1.29, 1.82) is 0 Å². The summed E-state index contributed by atoms with van der Waals surface area (Å²) in [7, 11) is 1.37. The topological polar surface area (TPSA) is 64.1 Å². The maximum atomic E-state index is 15.1. The van der Waals surface area contributed by atoms with Gasteiger partial charge in [-0.1, -0.05) is 0 Å². The van der Waals surface area contributed by atoms with E-state index >= 15 is 4.39 Å². The minimum absolute atomic E-state index is 0.0646. The van der Waals surface area contributed by atoms with E-state index in [2.05, 4.69) is 20.9 Å². The van der Waals surface area contributed by atoms with E-state index in [0.29, 0.717) is 12.1 Å². The highest BCUT2D eigenvalue weighted by molar-refractivity contribution is 9.10. The SMILES string of the molecule is COc1ccc(N2CN(c3ccc(F)c(F)c3C3OCCO3)c3cc(C(F)(F)F)c(F)cc3C2=O)c(Br)n1. The van der Waals surface area contributed by atoms with E-state index in [-0.39, 0.29) is 40.8 Å². The normalized spacial score (nSPS) is 16.3. The largest absolute Gasteiger partial charge is 0.481 e. The van der Waals surface area contributed by atoms with Crippen LogP contribution in [0.25, 0.3) is 0 Å². The Kier molecular flexibility index (Phi) is 6.73. The number of carbonyl (C=O) groups excluding carboxylic acids is 1. The van der Waals surface area contributed by atoms with Crippen molar-refractivity contribution in [2.75, 3.05) is 36.8 Å². The Morgan fingerprint density at radius 3 is 2.29 bits per heavy atom. The predicted octanol–water partition coefficient (Wildman–Crippen LogP) is 6.09. The average Bonchev–Trinajstić information content (AvgIpc) is 3.40. The van der Waals surface area contributed by atoms with Crippen LogP contribution < -0.4 is 14.5 Å². The summed E-state index contributed by atoms with van der Waals surface area (Å²) >= 11 is 3.23. The Hall–Kier alpha value is -3.36. The molecule has 38 heavy (non-hydrogen) atoms. The highest BCUT2D eigenvalue weighted by Crippen LogP contribution is 2.45. The molecule has 1 fully saturated rings. The lowest BCUT2D eigenvalue weighted by molar-refractivity contribution is -0.139. The molecule has 0 radical (unpaired) electrons. The van der Waals surface area contributed by atoms with Gasteiger partial charge in [-0.25, -0.2) is 18.2 Å². The Labute approximate surface area is 219 Å². The predicted molar refractivity (Wildman–Crippen MR) is 125 cm³/mol. The first-order valence-electron chi connectivity index (χ1n) is 10.9. The van der Waals surface area contributed by atoms with Crippen LogP contribution in [0.4, 0.5) is 43.4 Å². The van der Waals surface area contributed by atoms with Gasteiger partial charge in [-0.15, -0.1) is 0 Å². The smallest absolute Gasteiger partial charge is 0.419 e. The third-order valence-corrected chi connectivity index (χ3v) is 6.58. The fraction of sp³-hybridized carbons (Fsp3) is 0.250. The van der Waals surface area contributed by atoms with Crippen LogP contribution in [0.3, 0.4) is 0 Å². The number of hydrogen-bond donors (Lipinski definition) is 0. The van der Waals surface area contributed by atoms with Crippen LogP contribution in [0.2, 0.25) is 0 Å². The number of carbonyl (C=O) groups is 1. The number of ether oxygens (including phenoxy) is 3. The van der Waals surface area contributed by atoms with E-state index in [9.17, 15) is 26.7 Å². The zero-order chi connectivity index (χ0) is 27.4. The maximum Gasteiger partial charge on any atom is 0.419 e. The van der Waals surface area contributed by atoms with Crippen LogP contribution >= 0.6 is 15.9 Å². The summed E-state index contributed by atoms with van der Waals surface area (Å²) in [6.07, 6.45) is -6.46. The minimum Gasteiger partial charge on any atom is -0.481 e. The summed E-state index contributed by atoms with van der Waals surface area (Å²) in [5.74, 6) is -4.92. The van der Waals surface area contributed by atoms with Crippen molar-refractivity contribution in [3.8, 4) is 5.88 Å². The van der Waals surface area contributed by atoms with Crippen LogP contribution in [0, 0.1) is 17.5 Å². The van der Waals surface area contributed by atoms with Gasteiger partial charge in [0.1, 0.15) is 17.1 Å². The second kappa shape index (κ2) is 9.75. The van der Waals surface area contributed by atoms with Crippen molar-refractivity contribution in [3.63, 3.8) is 0 Å². The number of benzene rings is 2. The van der Waals surface area contributed by atoms with E-state index < -0.39 is 59.2 Å². The van der Waals surface area contributed by atoms with Gasteiger partial charge >= 0.3 is 6.18 Å². The van der Waals surface area contributed by atoms with Crippen molar-refractivity contribution in [1.82, 2.24) is 4.98 Å². The molecule has 1 amide bonds. The van der Waals surface area contributed by atoms with Crippen molar-refractivity contribution in [2.45, 2.75) is 12.5 Å². The van der Waals surface area contributed by atoms with Crippen LogP contribution in [0.15, 0.2) is 41.0 Å². The molecule has 5 rings (SSSR count). The fourth-order valence-corrected chi connectivity index (χ4v) is 4.78. The Bertz CT molecular complexity index is 1430. The number of fused-ring (bicyclic) bond motifs is 1. The van der Waals surface area contributed by atoms with Crippen LogP contribution in [-0.2, 0) is 15.7 Å². The number of nitrogens with zero attached hydrogens (tertiary/aromatic N) is 3. The average molecular weight is 604 g/mol. The lowest BCUT2D eigenvalue weighted by atomic mass is 10.0. The van der Waals surface area contributed by atoms with Gasteiger partial charge in [0.05, 0.1) is 54.1 Å². The molecule has 0 saturated carbocycles. The molecule has 0 atom stereocenters. The highest BCUT2D eigenvalue weighted by atomic mass is 79.9. The van der Waals surface area contributed by atoms with Crippen molar-refractivity contribution >= 4 is 38.9 Å². The fourth-order valence-electron chi connectivity index (χ4n) is 4.26. The van der Waals surface area contributed by atoms with Crippen molar-refractivity contribution < 1.29 is 45.3 Å². The first-order valence-corrected chi connectivity index (χ1v) is 11.7. The van der Waals surface area contributed by atoms with Gasteiger partial charge in [0.25, 0.3) is 5.91 Å². The van der Waals surface area contributed by atoms with E-state index in [1.807, 2.05) is 0 Å². The van der Waals surface area contributed by atoms with Gasteiger partial charge in [-0.2, -0.15) is 13.2 Å². The van der Waals surface area contributed by atoms with Gasteiger partial charge in [0, 0.05) is 6.07 Å². The first kappa shape index (κ1) is 26.3. The molecule has 200 valence electrons. The Balaban J connectivity index is 1.75. The molecule has 3 aromatic rings. The first-order chi connectivity index (χ1) is 18.0. The monoisotopic (exact) mass is 603 g/mol. The number of halogens is 7. The van der Waals surface area contributed by atoms with Crippen LogP contribution in [-0.4, -0.2) is 37.9 Å². The lowest BCUT2D eigenvalue weighted by Gasteiger charge is -2.39. The molecule has 0 N–H and O–H groups in total. The summed E-state index contributed by atoms with van der Waals surface area (Å²) in [6, 6.07) is 5.71. The molecule has 2 aromatic carbocycles. The zero-order valence-electron chi connectivity index (χ0n) is 19.3. The number of pyridine rings is 1. The van der Waals surface area contributed by atoms with E-state index in [4.69, 9.17) is 14.2 Å². The molecule has 0 bridgehead atoms. The molecule has 14 heteroatoms. The molecule has 0 spiro atoms. The van der Waals surface area contributed by atoms with Crippen molar-refractivity contribution in [2.24, 2.45) is 0 Å². The number of anilines is 3. The number of methoxy groups -OCH3 is 1. The van der Waals surface area contributed by atoms with Crippen LogP contribution in [0.1, 0.15) is 27.8 Å². The quantitative estimate of drug-likeness (QED) is 0.266. The van der Waals surface area contributed by atoms with Gasteiger partial charge in [0.2, 0.25) is 5.88 Å². The molecule has 0 aliphatic carbocycles. The third kappa shape index (κ3) is 4.46. The van der Waals surface area contributed by atoms with Crippen molar-refractivity contribution in [3.05, 3.63) is 75.1 Å². The van der Waals surface area contributed by atoms with Gasteiger partial charge in [0.15, 0.2) is 17.9 Å². The number of amides is 1. The summed E-state index contributed by atoms with van der Waals surface area (Å²) < 4.78 is 101. The molecule has 2 aliphatic rings. The van der Waals surface area contributed by atoms with Crippen LogP contribution in [0.5, 0.6) is 5.88 Å². The highest BCUT2D eigenvalue weighted by Gasteiger charge is 2.41. The summed E-state index contributed by atoms with van der Waals surface area (Å²) in [4.78, 5) is 19.8. The third-order valence-electron chi connectivity index (χ3n) is 6.00. The number of aromatic nitrogens is 1. The van der Waals surface area contributed by atoms with Gasteiger partial charge in [-0.3, -0.25) is 9.69 Å². The number of rotatable bonds is 4. The molecule has 2 aliphatic heterocycles. The molecular weight excluding hydrogens is 588 g/mol. The summed E-state index contributed by atoms with van der Waals surface area (Å²) in [5.41, 5.74) is -2.87. The Morgan fingerprint density at radius 2 is 1.66 bits per heavy atom. The minimum atomic E-state index is -5.09. The molecule has 3 heterocycles. The molecule has 1 aromatic heterocycles. The molecular formula is C24H16BrF6N3O4. The lowest BCUT2D eigenvalue weighted by Crippen LogP contribution is -2.46. The van der Waals surface area contributed by atoms with Gasteiger partial charge < -0.3 is 19.1 Å². The second-order valence-corrected chi connectivity index (χ2v) is 8.93. The molecule has 1 saturated heterocycles.